The van der Waals surface area contributed by atoms with E-state index >= 15 is 0 Å². The molecule has 5 rings (SSSR count). The zero-order valence-electron chi connectivity index (χ0n) is 23.5. The number of β-lactam (4-membered cyclic amide) rings is 1. The number of benzene rings is 2. The van der Waals surface area contributed by atoms with Crippen LogP contribution >= 0.6 is 23.4 Å². The Morgan fingerprint density at radius 1 is 1.02 bits per heavy atom. The van der Waals surface area contributed by atoms with Gasteiger partial charge in [0, 0.05) is 12.5 Å². The van der Waals surface area contributed by atoms with Gasteiger partial charge in [0.25, 0.3) is 0 Å². The van der Waals surface area contributed by atoms with Crippen LogP contribution in [0.5, 0.6) is 5.88 Å². The first-order valence-electron chi connectivity index (χ1n) is 13.1. The number of carbonyl (C=O) groups is 2. The van der Waals surface area contributed by atoms with Crippen molar-refractivity contribution in [3.05, 3.63) is 93.4 Å². The van der Waals surface area contributed by atoms with E-state index in [1.807, 2.05) is 60.7 Å². The van der Waals surface area contributed by atoms with Crippen molar-refractivity contribution in [2.24, 2.45) is 12.5 Å². The topological polar surface area (TPSA) is 129 Å². The van der Waals surface area contributed by atoms with Gasteiger partial charge in [-0.05, 0) is 23.6 Å². The van der Waals surface area contributed by atoms with Crippen molar-refractivity contribution in [1.29, 1.82) is 0 Å². The van der Waals surface area contributed by atoms with Crippen LogP contribution in [0.3, 0.4) is 0 Å². The minimum absolute atomic E-state index is 0.00759. The molecule has 1 unspecified atom stereocenters. The number of hydrogen-bond donors (Lipinski definition) is 0. The summed E-state index contributed by atoms with van der Waals surface area (Å²) in [6.45, 7) is 6.55. The van der Waals surface area contributed by atoms with Crippen molar-refractivity contribution < 1.29 is 22.7 Å². The molecule has 3 heterocycles. The number of fused-ring (bicyclic) bond motifs is 1. The molecule has 0 saturated carbocycles. The van der Waals surface area contributed by atoms with E-state index < -0.39 is 48.2 Å². The number of ether oxygens (including phenoxy) is 1. The van der Waals surface area contributed by atoms with Crippen LogP contribution in [0, 0.1) is 5.41 Å². The second-order valence-corrected chi connectivity index (χ2v) is 15.1. The third kappa shape index (κ3) is 5.16. The third-order valence-corrected chi connectivity index (χ3v) is 11.9. The van der Waals surface area contributed by atoms with Crippen molar-refractivity contribution in [2.45, 2.75) is 54.3 Å². The maximum absolute atomic E-state index is 13.7. The Morgan fingerprint density at radius 2 is 1.57 bits per heavy atom. The molecule has 2 aliphatic rings. The average molecular weight is 629 g/mol. The molecule has 0 spiro atoms. The normalized spacial score (nSPS) is 21.6. The highest BCUT2D eigenvalue weighted by Crippen LogP contribution is 2.48. The van der Waals surface area contributed by atoms with Crippen LogP contribution in [0.25, 0.3) is 0 Å². The fourth-order valence-electron chi connectivity index (χ4n) is 4.85. The molecule has 10 nitrogen and oxygen atoms in total. The number of sulfone groups is 1. The first-order valence-corrected chi connectivity index (χ1v) is 16.0. The summed E-state index contributed by atoms with van der Waals surface area (Å²) in [7, 11) is -2.61. The van der Waals surface area contributed by atoms with Crippen molar-refractivity contribution in [2.75, 3.05) is 0 Å². The van der Waals surface area contributed by atoms with E-state index in [1.165, 1.54) is 18.7 Å². The summed E-state index contributed by atoms with van der Waals surface area (Å²) in [5.74, 6) is -1.29. The molecule has 3 atom stereocenters. The number of allylic oxidation sites excluding steroid dienone is 1. The van der Waals surface area contributed by atoms with Crippen LogP contribution in [0.15, 0.2) is 81.9 Å². The van der Waals surface area contributed by atoms with Gasteiger partial charge in [0.15, 0.2) is 32.3 Å². The molecule has 2 aliphatic heterocycles. The lowest BCUT2D eigenvalue weighted by molar-refractivity contribution is -0.142. The van der Waals surface area contributed by atoms with Crippen LogP contribution in [0.1, 0.15) is 44.9 Å². The molecule has 2 aromatic carbocycles. The summed E-state index contributed by atoms with van der Waals surface area (Å²) in [5.41, 5.74) is 0.0835. The van der Waals surface area contributed by atoms with Gasteiger partial charge in [-0.3, -0.25) is 19.3 Å². The number of hydrogen-bond acceptors (Lipinski definition) is 9. The number of Topliss-reactive ketones (excluding diaryl/α,β-unsaturated/α-hetero) is 1. The summed E-state index contributed by atoms with van der Waals surface area (Å²) in [6, 6.07) is 18.7. The number of ketones is 1. The predicted octanol–water partition coefficient (Wildman–Crippen LogP) is 3.86. The maximum atomic E-state index is 13.7. The number of thioether (sulfide) groups is 1. The highest BCUT2D eigenvalue weighted by molar-refractivity contribution is 8.14. The maximum Gasteiger partial charge on any atom is 0.336 e. The largest absolute Gasteiger partial charge is 0.460 e. The lowest BCUT2D eigenvalue weighted by atomic mass is 9.86. The predicted molar refractivity (Wildman–Crippen MR) is 159 cm³/mol. The Kier molecular flexibility index (Phi) is 7.84. The molecule has 1 saturated heterocycles. The summed E-state index contributed by atoms with van der Waals surface area (Å²) in [5, 5.41) is 1.56. The van der Waals surface area contributed by atoms with Gasteiger partial charge in [0.2, 0.25) is 5.91 Å². The number of amides is 1. The number of aryl methyl sites for hydroxylation is 1. The molecule has 0 radical (unpaired) electrons. The van der Waals surface area contributed by atoms with Crippen molar-refractivity contribution in [3.8, 4) is 5.88 Å². The molecule has 0 aliphatic carbocycles. The van der Waals surface area contributed by atoms with Gasteiger partial charge >= 0.3 is 11.4 Å². The molecule has 13 heteroatoms. The van der Waals surface area contributed by atoms with Gasteiger partial charge in [0.05, 0.1) is 5.70 Å². The van der Waals surface area contributed by atoms with E-state index in [0.29, 0.717) is 0 Å². The molecule has 3 aromatic rings. The van der Waals surface area contributed by atoms with Crippen LogP contribution in [-0.4, -0.2) is 55.1 Å². The van der Waals surface area contributed by atoms with Crippen LogP contribution in [0.2, 0.25) is 0 Å². The zero-order chi connectivity index (χ0) is 30.6. The molecule has 1 amide bonds. The van der Waals surface area contributed by atoms with E-state index in [9.17, 15) is 22.8 Å². The quantitative estimate of drug-likeness (QED) is 0.283. The molecule has 0 N–H and O–H groups in total. The van der Waals surface area contributed by atoms with Gasteiger partial charge in [-0.2, -0.15) is 4.98 Å². The summed E-state index contributed by atoms with van der Waals surface area (Å²) in [4.78, 5) is 44.3. The van der Waals surface area contributed by atoms with Gasteiger partial charge in [0.1, 0.15) is 9.96 Å². The molecule has 220 valence electrons. The number of halogens is 1. The molecule has 1 aromatic heterocycles. The van der Waals surface area contributed by atoms with E-state index in [0.717, 1.165) is 27.8 Å². The second kappa shape index (κ2) is 11.0. The fraction of sp³-hybridized carbons (Fsp3) is 0.345. The van der Waals surface area contributed by atoms with Crippen LogP contribution in [0.4, 0.5) is 0 Å². The highest BCUT2D eigenvalue weighted by Gasteiger charge is 2.62. The Morgan fingerprint density at radius 3 is 2.10 bits per heavy atom. The number of aromatic nitrogens is 3. The Balaban J connectivity index is 1.52. The van der Waals surface area contributed by atoms with Gasteiger partial charge < -0.3 is 4.74 Å². The van der Waals surface area contributed by atoms with E-state index in [-0.39, 0.29) is 28.1 Å². The van der Waals surface area contributed by atoms with E-state index in [2.05, 4.69) is 10.1 Å². The number of rotatable bonds is 7. The summed E-state index contributed by atoms with van der Waals surface area (Å²) in [6.07, 6.45) is -0.648. The molecular formula is C29H29ClN4O6S2. The smallest absolute Gasteiger partial charge is 0.336 e. The van der Waals surface area contributed by atoms with E-state index in [1.54, 1.807) is 20.8 Å². The Labute approximate surface area is 252 Å². The van der Waals surface area contributed by atoms with Crippen LogP contribution in [-0.2, 0) is 26.5 Å². The SMILES string of the molecule is CC1=C(C(=O)C(C)(C)C)N2C(=O)[C@H](Cl)[C@@H]2S(=O)(=O)C1Sc1nc(=O)c(OC(c2ccccc2)c2ccccc2)nn1C. The Hall–Kier alpha value is -3.48. The van der Waals surface area contributed by atoms with Gasteiger partial charge in [-0.15, -0.1) is 16.7 Å². The lowest BCUT2D eigenvalue weighted by Crippen LogP contribution is -2.69. The summed E-state index contributed by atoms with van der Waals surface area (Å²) >= 11 is 6.93. The van der Waals surface area contributed by atoms with Crippen molar-refractivity contribution in [1.82, 2.24) is 19.7 Å². The first kappa shape index (κ1) is 30.0. The average Bonchev–Trinajstić information content (AvgIpc) is 2.95. The Bertz CT molecular complexity index is 1710. The summed E-state index contributed by atoms with van der Waals surface area (Å²) < 4.78 is 33.4. The number of carbonyl (C=O) groups excluding carboxylic acids is 2. The minimum atomic E-state index is -4.13. The zero-order valence-corrected chi connectivity index (χ0v) is 25.9. The van der Waals surface area contributed by atoms with Crippen molar-refractivity contribution in [3.63, 3.8) is 0 Å². The second-order valence-electron chi connectivity index (χ2n) is 11.1. The fourth-order valence-corrected chi connectivity index (χ4v) is 9.25. The van der Waals surface area contributed by atoms with Crippen molar-refractivity contribution >= 4 is 44.9 Å². The number of nitrogens with zero attached hydrogens (tertiary/aromatic N) is 4. The molecule has 1 fully saturated rings. The van der Waals surface area contributed by atoms with Gasteiger partial charge in [-0.1, -0.05) is 93.2 Å². The third-order valence-electron chi connectivity index (χ3n) is 7.02. The first-order chi connectivity index (χ1) is 19.7. The lowest BCUT2D eigenvalue weighted by Gasteiger charge is -2.50. The van der Waals surface area contributed by atoms with Crippen LogP contribution < -0.4 is 10.3 Å². The highest BCUT2D eigenvalue weighted by atomic mass is 35.5. The molecular weight excluding hydrogens is 600 g/mol. The molecule has 0 bridgehead atoms. The van der Waals surface area contributed by atoms with E-state index in [4.69, 9.17) is 16.3 Å². The number of alkyl halides is 1. The standard InChI is InChI=1S/C29H29ClN4O6S2/c1-16-20(22(35)29(2,3)4)34-25(37)19(30)26(34)42(38,39)27(16)41-28-31-23(36)24(32-33(28)5)40-21(17-12-8-6-9-13-17)18-14-10-7-11-15-18/h6-15,19,21,26-27H,1-5H3/t19-,26-,27?/m0/s1. The monoisotopic (exact) mass is 628 g/mol. The van der Waals surface area contributed by atoms with Gasteiger partial charge in [-0.25, -0.2) is 13.1 Å². The minimum Gasteiger partial charge on any atom is -0.460 e. The molecule has 42 heavy (non-hydrogen) atoms.